The summed E-state index contributed by atoms with van der Waals surface area (Å²) in [7, 11) is 0. The topological polar surface area (TPSA) is 36.7 Å². The molecule has 1 unspecified atom stereocenters. The zero-order chi connectivity index (χ0) is 13.1. The second-order valence-electron chi connectivity index (χ2n) is 5.17. The third kappa shape index (κ3) is 3.51. The van der Waals surface area contributed by atoms with Crippen LogP contribution in [0.15, 0.2) is 22.8 Å². The molecule has 2 aliphatic rings. The van der Waals surface area contributed by atoms with Crippen LogP contribution in [0.1, 0.15) is 30.4 Å². The van der Waals surface area contributed by atoms with Crippen molar-refractivity contribution >= 4 is 30.1 Å². The quantitative estimate of drug-likeness (QED) is 0.856. The fourth-order valence-corrected chi connectivity index (χ4v) is 3.96. The van der Waals surface area contributed by atoms with E-state index in [-0.39, 0.29) is 23.7 Å². The molecule has 0 bridgehead atoms. The SMILES string of the molecule is Cl.O=C1CSC(c2ccco2)N1CCN1CCCCC1. The molecule has 3 heterocycles. The van der Waals surface area contributed by atoms with Crippen LogP contribution in [0.3, 0.4) is 0 Å². The fourth-order valence-electron chi connectivity index (χ4n) is 2.80. The maximum atomic E-state index is 12.0. The van der Waals surface area contributed by atoms with Crippen LogP contribution in [-0.2, 0) is 4.79 Å². The zero-order valence-corrected chi connectivity index (χ0v) is 13.1. The number of hydrogen-bond acceptors (Lipinski definition) is 4. The van der Waals surface area contributed by atoms with Gasteiger partial charge in [-0.2, -0.15) is 0 Å². The Bertz CT molecular complexity index is 421. The van der Waals surface area contributed by atoms with Gasteiger partial charge < -0.3 is 14.2 Å². The Morgan fingerprint density at radius 3 is 2.75 bits per heavy atom. The molecule has 2 aliphatic heterocycles. The maximum absolute atomic E-state index is 12.0. The van der Waals surface area contributed by atoms with Crippen molar-refractivity contribution in [2.45, 2.75) is 24.6 Å². The highest BCUT2D eigenvalue weighted by atomic mass is 35.5. The van der Waals surface area contributed by atoms with Crippen LogP contribution in [-0.4, -0.2) is 47.6 Å². The van der Waals surface area contributed by atoms with Crippen molar-refractivity contribution in [3.05, 3.63) is 24.2 Å². The average molecular weight is 317 g/mol. The third-order valence-corrected chi connectivity index (χ3v) is 5.08. The summed E-state index contributed by atoms with van der Waals surface area (Å²) in [6.07, 6.45) is 5.63. The van der Waals surface area contributed by atoms with E-state index >= 15 is 0 Å². The number of piperidine rings is 1. The zero-order valence-electron chi connectivity index (χ0n) is 11.5. The van der Waals surface area contributed by atoms with Gasteiger partial charge in [0.1, 0.15) is 11.1 Å². The lowest BCUT2D eigenvalue weighted by atomic mass is 10.1. The summed E-state index contributed by atoms with van der Waals surface area (Å²) in [4.78, 5) is 16.4. The molecule has 6 heteroatoms. The highest BCUT2D eigenvalue weighted by Crippen LogP contribution is 2.38. The van der Waals surface area contributed by atoms with Gasteiger partial charge in [-0.3, -0.25) is 4.79 Å². The Morgan fingerprint density at radius 1 is 1.25 bits per heavy atom. The molecular formula is C14H21ClN2O2S. The molecule has 0 N–H and O–H groups in total. The summed E-state index contributed by atoms with van der Waals surface area (Å²) in [5, 5.41) is 0.0762. The van der Waals surface area contributed by atoms with Crippen LogP contribution in [0.25, 0.3) is 0 Å². The Balaban J connectivity index is 0.00000147. The molecular weight excluding hydrogens is 296 g/mol. The minimum Gasteiger partial charge on any atom is -0.466 e. The third-order valence-electron chi connectivity index (χ3n) is 3.86. The van der Waals surface area contributed by atoms with E-state index in [4.69, 9.17) is 4.42 Å². The Morgan fingerprint density at radius 2 is 2.05 bits per heavy atom. The van der Waals surface area contributed by atoms with Gasteiger partial charge in [-0.1, -0.05) is 6.42 Å². The molecule has 2 saturated heterocycles. The highest BCUT2D eigenvalue weighted by Gasteiger charge is 2.34. The van der Waals surface area contributed by atoms with Crippen LogP contribution < -0.4 is 0 Å². The van der Waals surface area contributed by atoms with Gasteiger partial charge in [0.2, 0.25) is 5.91 Å². The molecule has 1 amide bonds. The molecule has 0 radical (unpaired) electrons. The summed E-state index contributed by atoms with van der Waals surface area (Å²) >= 11 is 1.67. The molecule has 0 saturated carbocycles. The van der Waals surface area contributed by atoms with Crippen LogP contribution >= 0.6 is 24.2 Å². The number of carbonyl (C=O) groups excluding carboxylic acids is 1. The van der Waals surface area contributed by atoms with Gasteiger partial charge in [0.15, 0.2) is 0 Å². The van der Waals surface area contributed by atoms with Crippen molar-refractivity contribution in [3.63, 3.8) is 0 Å². The first-order chi connectivity index (χ1) is 9.34. The van der Waals surface area contributed by atoms with Crippen molar-refractivity contribution in [2.75, 3.05) is 31.9 Å². The predicted octanol–water partition coefficient (Wildman–Crippen LogP) is 2.76. The number of hydrogen-bond donors (Lipinski definition) is 0. The first-order valence-electron chi connectivity index (χ1n) is 7.01. The molecule has 1 aromatic rings. The van der Waals surface area contributed by atoms with Crippen molar-refractivity contribution in [2.24, 2.45) is 0 Å². The number of halogens is 1. The van der Waals surface area contributed by atoms with Crippen molar-refractivity contribution in [1.29, 1.82) is 0 Å². The number of amides is 1. The minimum atomic E-state index is 0. The molecule has 4 nitrogen and oxygen atoms in total. The lowest BCUT2D eigenvalue weighted by Gasteiger charge is -2.30. The van der Waals surface area contributed by atoms with Crippen molar-refractivity contribution in [3.8, 4) is 0 Å². The Hall–Kier alpha value is -0.650. The summed E-state index contributed by atoms with van der Waals surface area (Å²) in [6, 6.07) is 3.85. The summed E-state index contributed by atoms with van der Waals surface area (Å²) in [6.45, 7) is 4.17. The van der Waals surface area contributed by atoms with E-state index in [0.717, 1.165) is 18.8 Å². The number of carbonyl (C=O) groups is 1. The first-order valence-corrected chi connectivity index (χ1v) is 8.06. The lowest BCUT2D eigenvalue weighted by molar-refractivity contribution is -0.128. The van der Waals surface area contributed by atoms with Gasteiger partial charge in [0, 0.05) is 13.1 Å². The number of nitrogens with zero attached hydrogens (tertiary/aromatic N) is 2. The van der Waals surface area contributed by atoms with Gasteiger partial charge >= 0.3 is 0 Å². The Labute approximate surface area is 130 Å². The number of likely N-dealkylation sites (tertiary alicyclic amines) is 1. The summed E-state index contributed by atoms with van der Waals surface area (Å²) < 4.78 is 5.46. The second kappa shape index (κ2) is 7.38. The fraction of sp³-hybridized carbons (Fsp3) is 0.643. The molecule has 0 aromatic carbocycles. The standard InChI is InChI=1S/C14H20N2O2S.ClH/c17-13-11-19-14(12-5-4-10-18-12)16(13)9-8-15-6-2-1-3-7-15;/h4-5,10,14H,1-3,6-9,11H2;1H. The lowest BCUT2D eigenvalue weighted by Crippen LogP contribution is -2.39. The van der Waals surface area contributed by atoms with E-state index in [9.17, 15) is 4.79 Å². The molecule has 3 rings (SSSR count). The van der Waals surface area contributed by atoms with E-state index < -0.39 is 0 Å². The number of furan rings is 1. The van der Waals surface area contributed by atoms with Gasteiger partial charge in [0.25, 0.3) is 0 Å². The van der Waals surface area contributed by atoms with Crippen LogP contribution in [0.4, 0.5) is 0 Å². The van der Waals surface area contributed by atoms with E-state index in [2.05, 4.69) is 4.90 Å². The van der Waals surface area contributed by atoms with Crippen LogP contribution in [0.5, 0.6) is 0 Å². The molecule has 20 heavy (non-hydrogen) atoms. The molecule has 112 valence electrons. The van der Waals surface area contributed by atoms with Crippen LogP contribution in [0.2, 0.25) is 0 Å². The van der Waals surface area contributed by atoms with E-state index in [0.29, 0.717) is 5.75 Å². The van der Waals surface area contributed by atoms with Crippen LogP contribution in [0, 0.1) is 0 Å². The molecule has 0 aliphatic carbocycles. The maximum Gasteiger partial charge on any atom is 0.233 e. The first kappa shape index (κ1) is 15.7. The van der Waals surface area contributed by atoms with E-state index in [1.54, 1.807) is 18.0 Å². The monoisotopic (exact) mass is 316 g/mol. The van der Waals surface area contributed by atoms with E-state index in [1.807, 2.05) is 17.0 Å². The Kier molecular flexibility index (Phi) is 5.81. The smallest absolute Gasteiger partial charge is 0.233 e. The second-order valence-corrected chi connectivity index (χ2v) is 6.24. The highest BCUT2D eigenvalue weighted by molar-refractivity contribution is 8.00. The molecule has 1 aromatic heterocycles. The summed E-state index contributed by atoms with van der Waals surface area (Å²) in [5.41, 5.74) is 0. The van der Waals surface area contributed by atoms with Gasteiger partial charge in [-0.15, -0.1) is 24.2 Å². The molecule has 0 spiro atoms. The molecule has 1 atom stereocenters. The predicted molar refractivity (Wildman–Crippen MR) is 83.2 cm³/mol. The van der Waals surface area contributed by atoms with Crippen molar-refractivity contribution in [1.82, 2.24) is 9.80 Å². The largest absolute Gasteiger partial charge is 0.466 e. The number of rotatable bonds is 4. The summed E-state index contributed by atoms with van der Waals surface area (Å²) in [5.74, 6) is 1.71. The van der Waals surface area contributed by atoms with Crippen molar-refractivity contribution < 1.29 is 9.21 Å². The van der Waals surface area contributed by atoms with E-state index in [1.165, 1.54) is 32.4 Å². The number of thioether (sulfide) groups is 1. The minimum absolute atomic E-state index is 0. The van der Waals surface area contributed by atoms with Gasteiger partial charge in [-0.25, -0.2) is 0 Å². The average Bonchev–Trinajstić information content (AvgIpc) is 3.07. The normalized spacial score (nSPS) is 23.9. The molecule has 2 fully saturated rings. The van der Waals surface area contributed by atoms with Gasteiger partial charge in [0.05, 0.1) is 12.0 Å². The van der Waals surface area contributed by atoms with Gasteiger partial charge in [-0.05, 0) is 38.1 Å².